The van der Waals surface area contributed by atoms with Gasteiger partial charge in [0.2, 0.25) is 18.6 Å². The van der Waals surface area contributed by atoms with Gasteiger partial charge in [0, 0.05) is 30.0 Å². The lowest BCUT2D eigenvalue weighted by atomic mass is 9.86. The van der Waals surface area contributed by atoms with Crippen LogP contribution in [0.4, 0.5) is 11.4 Å². The van der Waals surface area contributed by atoms with Crippen molar-refractivity contribution in [1.29, 1.82) is 0 Å². The fraction of sp³-hybridized carbons (Fsp3) is 0.217. The van der Waals surface area contributed by atoms with E-state index in [1.165, 1.54) is 35.5 Å². The summed E-state index contributed by atoms with van der Waals surface area (Å²) in [6.07, 6.45) is 4.88. The van der Waals surface area contributed by atoms with Gasteiger partial charge in [0.1, 0.15) is 6.04 Å². The molecule has 4 atom stereocenters. The summed E-state index contributed by atoms with van der Waals surface area (Å²) in [7, 11) is 0. The van der Waals surface area contributed by atoms with Crippen molar-refractivity contribution >= 4 is 35.2 Å². The van der Waals surface area contributed by atoms with Crippen LogP contribution in [0.25, 0.3) is 0 Å². The van der Waals surface area contributed by atoms with E-state index in [9.17, 15) is 24.5 Å². The summed E-state index contributed by atoms with van der Waals surface area (Å²) in [6, 6.07) is 8.40. The van der Waals surface area contributed by atoms with E-state index in [0.29, 0.717) is 17.2 Å². The number of nitro groups is 1. The number of hydrogen-bond donors (Lipinski definition) is 0. The Morgan fingerprint density at radius 3 is 2.68 bits per heavy atom. The average molecular weight is 460 g/mol. The first-order chi connectivity index (χ1) is 16.5. The van der Waals surface area contributed by atoms with Gasteiger partial charge in [0.25, 0.3) is 5.69 Å². The van der Waals surface area contributed by atoms with Crippen molar-refractivity contribution in [2.24, 2.45) is 16.9 Å². The molecule has 34 heavy (non-hydrogen) atoms. The molecule has 4 aliphatic heterocycles. The number of benzene rings is 2. The summed E-state index contributed by atoms with van der Waals surface area (Å²) >= 11 is 0. The van der Waals surface area contributed by atoms with Crippen molar-refractivity contribution in [1.82, 2.24) is 5.01 Å². The number of hydrazone groups is 1. The number of hydrogen-bond acceptors (Lipinski definition) is 9. The Balaban J connectivity index is 1.41. The summed E-state index contributed by atoms with van der Waals surface area (Å²) in [5.74, 6) is -2.40. The van der Waals surface area contributed by atoms with Crippen LogP contribution in [0.3, 0.4) is 0 Å². The quantitative estimate of drug-likeness (QED) is 0.293. The molecule has 11 nitrogen and oxygen atoms in total. The highest BCUT2D eigenvalue weighted by Crippen LogP contribution is 2.47. The van der Waals surface area contributed by atoms with E-state index in [-0.39, 0.29) is 18.0 Å². The Hall–Kier alpha value is -4.54. The zero-order valence-electron chi connectivity index (χ0n) is 17.4. The number of anilines is 1. The van der Waals surface area contributed by atoms with Gasteiger partial charge in [0.15, 0.2) is 17.3 Å². The number of carbonyl (C=O) groups excluding carboxylic acids is 3. The molecular formula is C23H16N4O7. The number of imide groups is 1. The second-order valence-electron chi connectivity index (χ2n) is 8.24. The Morgan fingerprint density at radius 2 is 1.85 bits per heavy atom. The lowest BCUT2D eigenvalue weighted by Gasteiger charge is -2.30. The van der Waals surface area contributed by atoms with Gasteiger partial charge >= 0.3 is 0 Å². The summed E-state index contributed by atoms with van der Waals surface area (Å²) < 4.78 is 10.7. The van der Waals surface area contributed by atoms with E-state index in [2.05, 4.69) is 5.10 Å². The molecule has 6 rings (SSSR count). The second-order valence-corrected chi connectivity index (χ2v) is 8.24. The number of nitro benzene ring substituents is 1. The van der Waals surface area contributed by atoms with Crippen LogP contribution >= 0.6 is 0 Å². The van der Waals surface area contributed by atoms with Crippen LogP contribution in [0.2, 0.25) is 0 Å². The molecule has 11 heteroatoms. The van der Waals surface area contributed by atoms with Crippen LogP contribution in [0, 0.1) is 22.0 Å². The van der Waals surface area contributed by atoms with Gasteiger partial charge in [-0.15, -0.1) is 0 Å². The number of ether oxygens (including phenoxy) is 2. The van der Waals surface area contributed by atoms with E-state index in [1.807, 2.05) is 0 Å². The number of allylic oxidation sites excluding steroid dienone is 1. The minimum Gasteiger partial charge on any atom is -0.454 e. The molecule has 2 aromatic carbocycles. The number of Topliss-reactive ketones (excluding diaryl/α,β-unsaturated/α-hetero) is 1. The molecule has 0 unspecified atom stereocenters. The number of carbonyl (C=O) groups is 3. The van der Waals surface area contributed by atoms with Gasteiger partial charge in [-0.3, -0.25) is 29.5 Å². The molecule has 2 saturated heterocycles. The van der Waals surface area contributed by atoms with Crippen molar-refractivity contribution in [2.45, 2.75) is 12.1 Å². The summed E-state index contributed by atoms with van der Waals surface area (Å²) in [6.45, 7) is 0.0472. The fourth-order valence-corrected chi connectivity index (χ4v) is 5.06. The third kappa shape index (κ3) is 2.76. The maximum absolute atomic E-state index is 13.6. The van der Waals surface area contributed by atoms with E-state index >= 15 is 0 Å². The lowest BCUT2D eigenvalue weighted by Crippen LogP contribution is -2.46. The molecule has 0 aromatic heterocycles. The molecule has 170 valence electrons. The Bertz CT molecular complexity index is 1340. The largest absolute Gasteiger partial charge is 0.454 e. The van der Waals surface area contributed by atoms with E-state index in [4.69, 9.17) is 9.47 Å². The summed E-state index contributed by atoms with van der Waals surface area (Å²) in [5.41, 5.74) is 0.157. The molecule has 4 heterocycles. The normalized spacial score (nSPS) is 26.1. The van der Waals surface area contributed by atoms with Gasteiger partial charge in [-0.2, -0.15) is 5.10 Å². The molecule has 2 aromatic rings. The zero-order valence-corrected chi connectivity index (χ0v) is 17.4. The van der Waals surface area contributed by atoms with Crippen LogP contribution in [0.5, 0.6) is 11.5 Å². The molecule has 0 N–H and O–H groups in total. The number of non-ortho nitro benzene ring substituents is 1. The van der Waals surface area contributed by atoms with Gasteiger partial charge < -0.3 is 9.47 Å². The first-order valence-electron chi connectivity index (χ1n) is 10.5. The maximum Gasteiger partial charge on any atom is 0.270 e. The average Bonchev–Trinajstić information content (AvgIpc) is 3.51. The number of fused-ring (bicyclic) bond motifs is 4. The highest BCUT2D eigenvalue weighted by atomic mass is 16.7. The van der Waals surface area contributed by atoms with Crippen LogP contribution in [-0.4, -0.2) is 52.6 Å². The van der Waals surface area contributed by atoms with Crippen molar-refractivity contribution < 1.29 is 28.8 Å². The monoisotopic (exact) mass is 460 g/mol. The highest BCUT2D eigenvalue weighted by Gasteiger charge is 2.64. The van der Waals surface area contributed by atoms with Crippen molar-refractivity contribution in [3.63, 3.8) is 0 Å². The number of amides is 2. The Kier molecular flexibility index (Phi) is 4.28. The van der Waals surface area contributed by atoms with E-state index in [0.717, 1.165) is 4.90 Å². The molecule has 0 radical (unpaired) electrons. The minimum atomic E-state index is -1.09. The lowest BCUT2D eigenvalue weighted by molar-refractivity contribution is -0.384. The van der Waals surface area contributed by atoms with Crippen molar-refractivity contribution in [2.75, 3.05) is 11.7 Å². The van der Waals surface area contributed by atoms with Crippen LogP contribution in [0.15, 0.2) is 59.7 Å². The standard InChI is InChI=1S/C23H16N4O7/c28-21(12-3-1-4-14(9-12)27(31)32)20-19-18(15-5-2-8-24-26(15)20)22(29)25(23(19)30)13-6-7-16-17(10-13)34-11-33-16/h1-10,15,18-20H,11H2/t15-,18-,19-,20+/m0/s1. The van der Waals surface area contributed by atoms with E-state index in [1.54, 1.807) is 30.4 Å². The van der Waals surface area contributed by atoms with Crippen LogP contribution in [-0.2, 0) is 9.59 Å². The molecule has 0 saturated carbocycles. The topological polar surface area (TPSA) is 132 Å². The predicted molar refractivity (Wildman–Crippen MR) is 117 cm³/mol. The first-order valence-corrected chi connectivity index (χ1v) is 10.5. The van der Waals surface area contributed by atoms with E-state index < -0.39 is 46.4 Å². The van der Waals surface area contributed by atoms with Crippen molar-refractivity contribution in [3.8, 4) is 11.5 Å². The van der Waals surface area contributed by atoms with Crippen LogP contribution in [0.1, 0.15) is 10.4 Å². The molecule has 4 aliphatic rings. The number of ketones is 1. The van der Waals surface area contributed by atoms with Crippen LogP contribution < -0.4 is 14.4 Å². The summed E-state index contributed by atoms with van der Waals surface area (Å²) in [5, 5.41) is 17.0. The van der Waals surface area contributed by atoms with Gasteiger partial charge in [-0.05, 0) is 18.2 Å². The summed E-state index contributed by atoms with van der Waals surface area (Å²) in [4.78, 5) is 52.4. The molecule has 0 bridgehead atoms. The fourth-order valence-electron chi connectivity index (χ4n) is 5.06. The number of rotatable bonds is 4. The van der Waals surface area contributed by atoms with Gasteiger partial charge in [0.05, 0.1) is 28.5 Å². The maximum atomic E-state index is 13.6. The molecule has 0 spiro atoms. The third-order valence-corrected chi connectivity index (χ3v) is 6.52. The van der Waals surface area contributed by atoms with Gasteiger partial charge in [-0.1, -0.05) is 18.2 Å². The molecule has 0 aliphatic carbocycles. The highest BCUT2D eigenvalue weighted by molar-refractivity contribution is 6.24. The Morgan fingerprint density at radius 1 is 1.06 bits per heavy atom. The number of nitrogens with zero attached hydrogens (tertiary/aromatic N) is 4. The Labute approximate surface area is 192 Å². The van der Waals surface area contributed by atoms with Crippen molar-refractivity contribution in [3.05, 3.63) is 70.3 Å². The molecular weight excluding hydrogens is 444 g/mol. The smallest absolute Gasteiger partial charge is 0.270 e. The third-order valence-electron chi connectivity index (χ3n) is 6.52. The predicted octanol–water partition coefficient (Wildman–Crippen LogP) is 1.92. The minimum absolute atomic E-state index is 0.0472. The zero-order chi connectivity index (χ0) is 23.6. The van der Waals surface area contributed by atoms with Gasteiger partial charge in [-0.25, -0.2) is 4.90 Å². The molecule has 2 fully saturated rings. The second kappa shape index (κ2) is 7.24. The molecule has 2 amide bonds. The first kappa shape index (κ1) is 20.1. The SMILES string of the molecule is O=C(c1cccc([N+](=O)[O-])c1)[C@H]1[C@H]2C(=O)N(c3ccc4c(c3)OCO4)C(=O)[C@H]2[C@@H]2C=CC=NN21.